The molecule has 4 heteroatoms. The molecule has 0 aromatic carbocycles. The minimum Gasteiger partial charge on any atom is -0.337 e. The molecule has 0 saturated carbocycles. The summed E-state index contributed by atoms with van der Waals surface area (Å²) in [4.78, 5) is 15.6. The number of hydrogen-bond acceptors (Lipinski definition) is 3. The highest BCUT2D eigenvalue weighted by Gasteiger charge is 2.27. The largest absolute Gasteiger partial charge is 0.337 e. The van der Waals surface area contributed by atoms with Crippen molar-refractivity contribution in [2.24, 2.45) is 11.7 Å². The van der Waals surface area contributed by atoms with Gasteiger partial charge in [-0.05, 0) is 29.3 Å². The minimum atomic E-state index is -0.347. The number of amides is 1. The van der Waals surface area contributed by atoms with Gasteiger partial charge in [0.1, 0.15) is 0 Å². The van der Waals surface area contributed by atoms with E-state index in [4.69, 9.17) is 5.73 Å². The Morgan fingerprint density at radius 2 is 2.41 bits per heavy atom. The van der Waals surface area contributed by atoms with Gasteiger partial charge in [-0.2, -0.15) is 0 Å². The van der Waals surface area contributed by atoms with Gasteiger partial charge in [0.2, 0.25) is 5.91 Å². The van der Waals surface area contributed by atoms with Crippen LogP contribution in [0.2, 0.25) is 0 Å². The van der Waals surface area contributed by atoms with Crippen LogP contribution in [0.15, 0.2) is 11.4 Å². The van der Waals surface area contributed by atoms with E-state index in [2.05, 4.69) is 18.4 Å². The van der Waals surface area contributed by atoms with E-state index in [-0.39, 0.29) is 17.9 Å². The first-order valence-corrected chi connectivity index (χ1v) is 7.11. The molecule has 0 aliphatic carbocycles. The van der Waals surface area contributed by atoms with Gasteiger partial charge in [0, 0.05) is 18.0 Å². The maximum Gasteiger partial charge on any atom is 0.240 e. The molecular formula is C13H20N2OS. The van der Waals surface area contributed by atoms with E-state index in [0.29, 0.717) is 0 Å². The van der Waals surface area contributed by atoms with Crippen LogP contribution in [0, 0.1) is 5.92 Å². The molecule has 0 unspecified atom stereocenters. The lowest BCUT2D eigenvalue weighted by molar-refractivity contribution is -0.134. The predicted octanol–water partition coefficient (Wildman–Crippen LogP) is 2.01. The Hall–Kier alpha value is -0.870. The molecule has 94 valence electrons. The first-order valence-electron chi connectivity index (χ1n) is 6.23. The molecule has 2 heterocycles. The van der Waals surface area contributed by atoms with E-state index in [1.165, 1.54) is 10.4 Å². The molecule has 1 aromatic rings. The van der Waals surface area contributed by atoms with E-state index in [0.717, 1.165) is 25.9 Å². The first-order chi connectivity index (χ1) is 8.13. The summed E-state index contributed by atoms with van der Waals surface area (Å²) in [5.74, 6) is 0.363. The second-order valence-corrected chi connectivity index (χ2v) is 5.79. The molecule has 0 fully saturated rings. The van der Waals surface area contributed by atoms with Crippen molar-refractivity contribution in [1.82, 2.24) is 4.90 Å². The Bertz CT molecular complexity index is 402. The maximum absolute atomic E-state index is 12.2. The van der Waals surface area contributed by atoms with E-state index in [1.54, 1.807) is 11.3 Å². The summed E-state index contributed by atoms with van der Waals surface area (Å²) in [5.41, 5.74) is 7.31. The number of carbonyl (C=O) groups is 1. The van der Waals surface area contributed by atoms with Crippen LogP contribution < -0.4 is 5.73 Å². The molecule has 2 N–H and O–H groups in total. The van der Waals surface area contributed by atoms with Gasteiger partial charge >= 0.3 is 0 Å². The molecule has 1 amide bonds. The standard InChI is InChI=1S/C13H20N2OS/c1-3-9(2)12(14)13(16)15-6-4-11-10(8-15)5-7-17-11/h5,7,9,12H,3-4,6,8,14H2,1-2H3/t9-,12-/m0/s1. The second kappa shape index (κ2) is 5.19. The average Bonchev–Trinajstić information content (AvgIpc) is 2.83. The molecule has 0 radical (unpaired) electrons. The summed E-state index contributed by atoms with van der Waals surface area (Å²) < 4.78 is 0. The van der Waals surface area contributed by atoms with Gasteiger partial charge in [0.05, 0.1) is 6.04 Å². The van der Waals surface area contributed by atoms with E-state index >= 15 is 0 Å². The van der Waals surface area contributed by atoms with Crippen molar-refractivity contribution >= 4 is 17.2 Å². The van der Waals surface area contributed by atoms with Crippen LogP contribution in [0.4, 0.5) is 0 Å². The second-order valence-electron chi connectivity index (χ2n) is 4.79. The number of nitrogens with zero attached hydrogens (tertiary/aromatic N) is 1. The van der Waals surface area contributed by atoms with Crippen LogP contribution in [0.25, 0.3) is 0 Å². The molecule has 0 bridgehead atoms. The van der Waals surface area contributed by atoms with Gasteiger partial charge in [-0.25, -0.2) is 0 Å². The quantitative estimate of drug-likeness (QED) is 0.894. The van der Waals surface area contributed by atoms with Gasteiger partial charge in [-0.1, -0.05) is 20.3 Å². The van der Waals surface area contributed by atoms with Gasteiger partial charge in [0.25, 0.3) is 0 Å². The summed E-state index contributed by atoms with van der Waals surface area (Å²) in [5, 5.41) is 2.10. The number of rotatable bonds is 3. The smallest absolute Gasteiger partial charge is 0.240 e. The highest BCUT2D eigenvalue weighted by Crippen LogP contribution is 2.24. The third-order valence-electron chi connectivity index (χ3n) is 3.66. The number of fused-ring (bicyclic) bond motifs is 1. The Balaban J connectivity index is 2.03. The van der Waals surface area contributed by atoms with Crippen LogP contribution in [-0.4, -0.2) is 23.4 Å². The molecule has 1 aliphatic rings. The van der Waals surface area contributed by atoms with Crippen LogP contribution in [0.1, 0.15) is 30.7 Å². The van der Waals surface area contributed by atoms with E-state index < -0.39 is 0 Å². The van der Waals surface area contributed by atoms with Gasteiger partial charge in [-0.15, -0.1) is 11.3 Å². The summed E-state index contributed by atoms with van der Waals surface area (Å²) in [6.45, 7) is 5.67. The number of hydrogen-bond donors (Lipinski definition) is 1. The third-order valence-corrected chi connectivity index (χ3v) is 4.68. The fourth-order valence-corrected chi connectivity index (χ4v) is 3.03. The summed E-state index contributed by atoms with van der Waals surface area (Å²) in [7, 11) is 0. The predicted molar refractivity (Wildman–Crippen MR) is 70.9 cm³/mol. The minimum absolute atomic E-state index is 0.108. The zero-order valence-electron chi connectivity index (χ0n) is 10.5. The van der Waals surface area contributed by atoms with Crippen LogP contribution in [-0.2, 0) is 17.8 Å². The molecule has 0 spiro atoms. The molecular weight excluding hydrogens is 232 g/mol. The Kier molecular flexibility index (Phi) is 3.84. The van der Waals surface area contributed by atoms with Crippen molar-refractivity contribution in [3.8, 4) is 0 Å². The SMILES string of the molecule is CC[C@H](C)[C@H](N)C(=O)N1CCc2sccc2C1. The Labute approximate surface area is 107 Å². The molecule has 2 rings (SSSR count). The molecule has 2 atom stereocenters. The molecule has 17 heavy (non-hydrogen) atoms. The maximum atomic E-state index is 12.2. The third kappa shape index (κ3) is 2.53. The van der Waals surface area contributed by atoms with Crippen LogP contribution >= 0.6 is 11.3 Å². The van der Waals surface area contributed by atoms with Crippen molar-refractivity contribution < 1.29 is 4.79 Å². The lowest BCUT2D eigenvalue weighted by atomic mass is 9.98. The average molecular weight is 252 g/mol. The lowest BCUT2D eigenvalue weighted by Crippen LogP contribution is -2.48. The normalized spacial score (nSPS) is 18.6. The number of thiophene rings is 1. The molecule has 3 nitrogen and oxygen atoms in total. The Morgan fingerprint density at radius 1 is 1.65 bits per heavy atom. The Morgan fingerprint density at radius 3 is 3.12 bits per heavy atom. The molecule has 1 aliphatic heterocycles. The summed E-state index contributed by atoms with van der Waals surface area (Å²) >= 11 is 1.79. The van der Waals surface area contributed by atoms with Crippen LogP contribution in [0.3, 0.4) is 0 Å². The van der Waals surface area contributed by atoms with Crippen molar-refractivity contribution in [2.45, 2.75) is 39.3 Å². The van der Waals surface area contributed by atoms with Gasteiger partial charge in [-0.3, -0.25) is 4.79 Å². The highest BCUT2D eigenvalue weighted by molar-refractivity contribution is 7.10. The van der Waals surface area contributed by atoms with Crippen LogP contribution in [0.5, 0.6) is 0 Å². The number of carbonyl (C=O) groups excluding carboxylic acids is 1. The lowest BCUT2D eigenvalue weighted by Gasteiger charge is -2.31. The zero-order valence-corrected chi connectivity index (χ0v) is 11.3. The topological polar surface area (TPSA) is 46.3 Å². The van der Waals surface area contributed by atoms with Crippen molar-refractivity contribution in [2.75, 3.05) is 6.54 Å². The fourth-order valence-electron chi connectivity index (χ4n) is 2.14. The summed E-state index contributed by atoms with van der Waals surface area (Å²) in [6, 6.07) is 1.77. The van der Waals surface area contributed by atoms with Gasteiger partial charge < -0.3 is 10.6 Å². The zero-order chi connectivity index (χ0) is 12.4. The van der Waals surface area contributed by atoms with E-state index in [1.807, 2.05) is 11.8 Å². The van der Waals surface area contributed by atoms with Crippen molar-refractivity contribution in [3.63, 3.8) is 0 Å². The van der Waals surface area contributed by atoms with E-state index in [9.17, 15) is 4.79 Å². The van der Waals surface area contributed by atoms with Gasteiger partial charge in [0.15, 0.2) is 0 Å². The molecule has 0 saturated heterocycles. The summed E-state index contributed by atoms with van der Waals surface area (Å²) in [6.07, 6.45) is 1.93. The highest BCUT2D eigenvalue weighted by atomic mass is 32.1. The van der Waals surface area contributed by atoms with Crippen molar-refractivity contribution in [1.29, 1.82) is 0 Å². The monoisotopic (exact) mass is 252 g/mol. The first kappa shape index (κ1) is 12.6. The number of nitrogens with two attached hydrogens (primary N) is 1. The fraction of sp³-hybridized carbons (Fsp3) is 0.615. The molecule has 1 aromatic heterocycles. The van der Waals surface area contributed by atoms with Crippen molar-refractivity contribution in [3.05, 3.63) is 21.9 Å².